The van der Waals surface area contributed by atoms with E-state index in [1.807, 2.05) is 26.8 Å². The number of hydrogen-bond acceptors (Lipinski definition) is 5. The fraction of sp³-hybridized carbons (Fsp3) is 0.269. The number of ether oxygens (including phenoxy) is 1. The van der Waals surface area contributed by atoms with Gasteiger partial charge in [0.15, 0.2) is 5.49 Å². The Morgan fingerprint density at radius 2 is 1.86 bits per heavy atom. The zero-order valence-corrected chi connectivity index (χ0v) is 20.7. The molecular weight excluding hydrogens is 468 g/mol. The van der Waals surface area contributed by atoms with Crippen molar-refractivity contribution < 1.29 is 14.3 Å². The summed E-state index contributed by atoms with van der Waals surface area (Å²) in [4.78, 5) is 48.7. The van der Waals surface area contributed by atoms with E-state index in [2.05, 4.69) is 4.99 Å². The smallest absolute Gasteiger partial charge is 0.341 e. The summed E-state index contributed by atoms with van der Waals surface area (Å²) < 4.78 is 8.35. The van der Waals surface area contributed by atoms with Gasteiger partial charge in [-0.05, 0) is 49.6 Å². The van der Waals surface area contributed by atoms with Gasteiger partial charge in [0, 0.05) is 12.7 Å². The molecule has 0 unspecified atom stereocenters. The van der Waals surface area contributed by atoms with E-state index in [0.717, 1.165) is 5.56 Å². The first kappa shape index (κ1) is 24.3. The molecule has 0 N–H and O–H groups in total. The number of benzene rings is 1. The van der Waals surface area contributed by atoms with Gasteiger partial charge in [0.2, 0.25) is 0 Å². The second-order valence-electron chi connectivity index (χ2n) is 8.54. The quantitative estimate of drug-likeness (QED) is 0.307. The lowest BCUT2D eigenvalue weighted by atomic mass is 10.1. The fourth-order valence-electron chi connectivity index (χ4n) is 3.90. The normalized spacial score (nSPS) is 12.0. The Bertz CT molecular complexity index is 1600. The molecule has 0 aliphatic rings. The van der Waals surface area contributed by atoms with Crippen LogP contribution < -0.4 is 11.0 Å². The SMILES string of the molecule is CCOC(=O)c1cc2c(=O)n3cccc(C)c3nc2n(CC(C)C)c1=NC(=O)c1ccccc1Cl. The number of halogens is 1. The van der Waals surface area contributed by atoms with Crippen LogP contribution in [0.1, 0.15) is 47.1 Å². The lowest BCUT2D eigenvalue weighted by Crippen LogP contribution is -2.34. The van der Waals surface area contributed by atoms with E-state index < -0.39 is 11.9 Å². The summed E-state index contributed by atoms with van der Waals surface area (Å²) in [5.41, 5.74) is 1.56. The van der Waals surface area contributed by atoms with E-state index in [9.17, 15) is 14.4 Å². The maximum Gasteiger partial charge on any atom is 0.341 e. The second-order valence-corrected chi connectivity index (χ2v) is 8.95. The maximum atomic E-state index is 13.5. The summed E-state index contributed by atoms with van der Waals surface area (Å²) >= 11 is 6.22. The number of hydrogen-bond donors (Lipinski definition) is 0. The van der Waals surface area contributed by atoms with Crippen molar-refractivity contribution in [3.8, 4) is 0 Å². The number of fused-ring (bicyclic) bond motifs is 2. The highest BCUT2D eigenvalue weighted by Gasteiger charge is 2.21. The molecule has 0 aliphatic heterocycles. The van der Waals surface area contributed by atoms with Crippen LogP contribution in [0.15, 0.2) is 58.4 Å². The average Bonchev–Trinajstić information content (AvgIpc) is 2.81. The number of carbonyl (C=O) groups excluding carboxylic acids is 2. The Balaban J connectivity index is 2.18. The molecule has 0 bridgehead atoms. The molecule has 0 atom stereocenters. The van der Waals surface area contributed by atoms with Crippen LogP contribution in [0.3, 0.4) is 0 Å². The number of amides is 1. The summed E-state index contributed by atoms with van der Waals surface area (Å²) in [6.45, 7) is 7.97. The number of pyridine rings is 2. The lowest BCUT2D eigenvalue weighted by Gasteiger charge is -2.17. The number of rotatable bonds is 5. The Kier molecular flexibility index (Phi) is 6.84. The zero-order valence-electron chi connectivity index (χ0n) is 19.9. The fourth-order valence-corrected chi connectivity index (χ4v) is 4.11. The molecule has 4 aromatic rings. The molecule has 0 aliphatic carbocycles. The van der Waals surface area contributed by atoms with Gasteiger partial charge in [-0.3, -0.25) is 14.0 Å². The molecule has 1 aromatic carbocycles. The van der Waals surface area contributed by atoms with Gasteiger partial charge in [0.05, 0.1) is 22.6 Å². The molecule has 3 heterocycles. The third-order valence-corrected chi connectivity index (χ3v) is 5.79. The van der Waals surface area contributed by atoms with Crippen LogP contribution in [0.25, 0.3) is 16.7 Å². The summed E-state index contributed by atoms with van der Waals surface area (Å²) in [6, 6.07) is 11.6. The summed E-state index contributed by atoms with van der Waals surface area (Å²) in [6.07, 6.45) is 1.63. The van der Waals surface area contributed by atoms with Gasteiger partial charge in [-0.15, -0.1) is 0 Å². The molecule has 4 rings (SSSR count). The summed E-state index contributed by atoms with van der Waals surface area (Å²) in [5, 5.41) is 0.467. The van der Waals surface area contributed by atoms with Crippen molar-refractivity contribution in [1.82, 2.24) is 14.0 Å². The van der Waals surface area contributed by atoms with Gasteiger partial charge in [0.25, 0.3) is 11.5 Å². The summed E-state index contributed by atoms with van der Waals surface area (Å²) in [7, 11) is 0. The van der Waals surface area contributed by atoms with E-state index in [4.69, 9.17) is 21.3 Å². The molecule has 1 amide bonds. The Morgan fingerprint density at radius 3 is 2.54 bits per heavy atom. The molecule has 0 radical (unpaired) electrons. The highest BCUT2D eigenvalue weighted by molar-refractivity contribution is 6.33. The van der Waals surface area contributed by atoms with E-state index in [0.29, 0.717) is 17.8 Å². The topological polar surface area (TPSA) is 95.0 Å². The van der Waals surface area contributed by atoms with Crippen LogP contribution >= 0.6 is 11.6 Å². The van der Waals surface area contributed by atoms with Gasteiger partial charge < -0.3 is 9.30 Å². The van der Waals surface area contributed by atoms with Crippen molar-refractivity contribution >= 4 is 40.2 Å². The van der Waals surface area contributed by atoms with Crippen molar-refractivity contribution in [3.63, 3.8) is 0 Å². The van der Waals surface area contributed by atoms with Crippen molar-refractivity contribution in [2.45, 2.75) is 34.2 Å². The first-order chi connectivity index (χ1) is 16.7. The van der Waals surface area contributed by atoms with Gasteiger partial charge >= 0.3 is 5.97 Å². The molecule has 8 nitrogen and oxygen atoms in total. The Labute approximate surface area is 206 Å². The minimum absolute atomic E-state index is 0.00640. The lowest BCUT2D eigenvalue weighted by molar-refractivity contribution is 0.0523. The molecule has 3 aromatic heterocycles. The average molecular weight is 493 g/mol. The number of esters is 1. The van der Waals surface area contributed by atoms with E-state index in [-0.39, 0.29) is 45.1 Å². The van der Waals surface area contributed by atoms with Crippen molar-refractivity contribution in [2.75, 3.05) is 6.61 Å². The van der Waals surface area contributed by atoms with Crippen LogP contribution in [0.2, 0.25) is 5.02 Å². The molecule has 0 spiro atoms. The van der Waals surface area contributed by atoms with Crippen molar-refractivity contribution in [1.29, 1.82) is 0 Å². The largest absolute Gasteiger partial charge is 0.462 e. The van der Waals surface area contributed by atoms with Crippen LogP contribution in [0.5, 0.6) is 0 Å². The van der Waals surface area contributed by atoms with Crippen LogP contribution in [-0.2, 0) is 11.3 Å². The van der Waals surface area contributed by atoms with Gasteiger partial charge in [0.1, 0.15) is 16.9 Å². The Morgan fingerprint density at radius 1 is 1.11 bits per heavy atom. The van der Waals surface area contributed by atoms with E-state index >= 15 is 0 Å². The molecule has 180 valence electrons. The van der Waals surface area contributed by atoms with E-state index in [1.165, 1.54) is 10.5 Å². The minimum Gasteiger partial charge on any atom is -0.462 e. The Hall–Kier alpha value is -3.78. The predicted octanol–water partition coefficient (Wildman–Crippen LogP) is 4.18. The van der Waals surface area contributed by atoms with Gasteiger partial charge in [-0.25, -0.2) is 9.78 Å². The molecule has 0 saturated carbocycles. The van der Waals surface area contributed by atoms with E-state index in [1.54, 1.807) is 48.0 Å². The van der Waals surface area contributed by atoms with Crippen LogP contribution in [-0.4, -0.2) is 32.4 Å². The van der Waals surface area contributed by atoms with Crippen LogP contribution in [0.4, 0.5) is 0 Å². The molecule has 0 fully saturated rings. The number of carbonyl (C=O) groups is 2. The van der Waals surface area contributed by atoms with Gasteiger partial charge in [-0.2, -0.15) is 4.99 Å². The van der Waals surface area contributed by atoms with Gasteiger partial charge in [-0.1, -0.05) is 43.6 Å². The molecule has 9 heteroatoms. The van der Waals surface area contributed by atoms with Crippen LogP contribution in [0, 0.1) is 12.8 Å². The minimum atomic E-state index is -0.689. The first-order valence-corrected chi connectivity index (χ1v) is 11.7. The number of aryl methyl sites for hydroxylation is 1. The molecular formula is C26H25ClN4O4. The van der Waals surface area contributed by atoms with Crippen molar-refractivity contribution in [3.05, 3.63) is 86.2 Å². The maximum absolute atomic E-state index is 13.5. The third kappa shape index (κ3) is 4.61. The predicted molar refractivity (Wildman–Crippen MR) is 134 cm³/mol. The van der Waals surface area contributed by atoms with Crippen molar-refractivity contribution in [2.24, 2.45) is 10.9 Å². The standard InChI is InChI=1S/C26H25ClN4O4/c1-5-35-26(34)19-13-18-22(28-21-16(4)9-8-12-30(21)25(18)33)31(14-15(2)3)23(19)29-24(32)17-10-6-7-11-20(17)27/h6-13,15H,5,14H2,1-4H3. The second kappa shape index (κ2) is 9.84. The zero-order chi connectivity index (χ0) is 25.3. The molecule has 35 heavy (non-hydrogen) atoms. The molecule has 0 saturated heterocycles. The number of nitrogens with zero attached hydrogens (tertiary/aromatic N) is 4. The third-order valence-electron chi connectivity index (χ3n) is 5.46. The highest BCUT2D eigenvalue weighted by atomic mass is 35.5. The highest BCUT2D eigenvalue weighted by Crippen LogP contribution is 2.17. The number of aromatic nitrogens is 3. The first-order valence-electron chi connectivity index (χ1n) is 11.3. The summed E-state index contributed by atoms with van der Waals surface area (Å²) in [5.74, 6) is -1.22. The monoisotopic (exact) mass is 492 g/mol.